The Morgan fingerprint density at radius 3 is 1.88 bits per heavy atom. The van der Waals surface area contributed by atoms with Crippen molar-refractivity contribution in [2.75, 3.05) is 45.3 Å². The number of piperazine rings is 1. The molecule has 4 rings (SSSR count). The number of hydrogen-bond acceptors (Lipinski definition) is 4. The number of benzene rings is 3. The Balaban J connectivity index is 1.51. The average Bonchev–Trinajstić information content (AvgIpc) is 2.88. The van der Waals surface area contributed by atoms with E-state index in [1.54, 1.807) is 14.2 Å². The van der Waals surface area contributed by atoms with Gasteiger partial charge in [-0.2, -0.15) is 0 Å². The molecule has 0 aromatic heterocycles. The van der Waals surface area contributed by atoms with Crippen LogP contribution in [0.3, 0.4) is 0 Å². The van der Waals surface area contributed by atoms with Gasteiger partial charge >= 0.3 is 0 Å². The summed E-state index contributed by atoms with van der Waals surface area (Å²) in [6.07, 6.45) is 1.97. The van der Waals surface area contributed by atoms with Gasteiger partial charge < -0.3 is 19.3 Å². The summed E-state index contributed by atoms with van der Waals surface area (Å²) in [5.74, 6) is 1.70. The molecule has 3 aromatic carbocycles. The molecule has 1 aliphatic rings. The van der Waals surface area contributed by atoms with Crippen LogP contribution in [0.15, 0.2) is 78.9 Å². The van der Waals surface area contributed by atoms with Crippen LogP contribution in [0.5, 0.6) is 11.5 Å². The van der Waals surface area contributed by atoms with Crippen molar-refractivity contribution in [3.8, 4) is 11.5 Å². The first-order valence-electron chi connectivity index (χ1n) is 10.8. The molecule has 0 aliphatic carbocycles. The fraction of sp³-hybridized carbons (Fsp3) is 0.222. The van der Waals surface area contributed by atoms with E-state index in [-0.39, 0.29) is 5.91 Å². The molecule has 0 spiro atoms. The van der Waals surface area contributed by atoms with Gasteiger partial charge in [-0.1, -0.05) is 42.5 Å². The highest BCUT2D eigenvalue weighted by Crippen LogP contribution is 2.25. The lowest BCUT2D eigenvalue weighted by atomic mass is 10.0. The Morgan fingerprint density at radius 1 is 0.750 bits per heavy atom. The highest BCUT2D eigenvalue weighted by atomic mass is 16.5. The zero-order chi connectivity index (χ0) is 22.3. The maximum absolute atomic E-state index is 13.6. The Bertz CT molecular complexity index is 1050. The van der Waals surface area contributed by atoms with Gasteiger partial charge in [-0.15, -0.1) is 0 Å². The largest absolute Gasteiger partial charge is 0.497 e. The van der Waals surface area contributed by atoms with Crippen LogP contribution in [0.4, 0.5) is 5.69 Å². The summed E-state index contributed by atoms with van der Waals surface area (Å²) in [4.78, 5) is 17.8. The molecule has 3 aromatic rings. The molecule has 1 saturated heterocycles. The molecule has 32 heavy (non-hydrogen) atoms. The van der Waals surface area contributed by atoms with Gasteiger partial charge in [-0.3, -0.25) is 4.79 Å². The maximum Gasteiger partial charge on any atom is 0.254 e. The number of methoxy groups -OCH3 is 2. The Labute approximate surface area is 189 Å². The first-order chi connectivity index (χ1) is 15.7. The number of anilines is 1. The molecule has 1 fully saturated rings. The molecule has 5 nitrogen and oxygen atoms in total. The van der Waals surface area contributed by atoms with Crippen molar-refractivity contribution >= 4 is 23.2 Å². The lowest BCUT2D eigenvalue weighted by molar-refractivity contribution is -0.125. The normalized spacial score (nSPS) is 14.2. The maximum atomic E-state index is 13.6. The molecule has 1 aliphatic heterocycles. The second-order valence-corrected chi connectivity index (χ2v) is 7.67. The highest BCUT2D eigenvalue weighted by molar-refractivity contribution is 6.24. The minimum absolute atomic E-state index is 0.0569. The number of rotatable bonds is 6. The Hall–Kier alpha value is -3.73. The Morgan fingerprint density at radius 2 is 1.31 bits per heavy atom. The molecule has 0 saturated carbocycles. The molecule has 0 N–H and O–H groups in total. The molecule has 1 amide bonds. The van der Waals surface area contributed by atoms with E-state index in [0.717, 1.165) is 41.4 Å². The van der Waals surface area contributed by atoms with Crippen LogP contribution in [0.1, 0.15) is 11.1 Å². The van der Waals surface area contributed by atoms with E-state index < -0.39 is 0 Å². The van der Waals surface area contributed by atoms with Crippen LogP contribution in [0.2, 0.25) is 0 Å². The number of ether oxygens (including phenoxy) is 2. The van der Waals surface area contributed by atoms with E-state index in [0.29, 0.717) is 18.7 Å². The third-order valence-corrected chi connectivity index (χ3v) is 5.75. The number of nitrogens with zero attached hydrogens (tertiary/aromatic N) is 2. The highest BCUT2D eigenvalue weighted by Gasteiger charge is 2.24. The van der Waals surface area contributed by atoms with E-state index >= 15 is 0 Å². The fourth-order valence-corrected chi connectivity index (χ4v) is 3.88. The van der Waals surface area contributed by atoms with Crippen LogP contribution in [0.25, 0.3) is 11.6 Å². The number of amides is 1. The molecule has 5 heteroatoms. The summed E-state index contributed by atoms with van der Waals surface area (Å²) in [5.41, 5.74) is 3.74. The SMILES string of the molecule is COc1ccc(C=C(C(=O)N2CCN(c3ccc(OC)cc3)CC2)c2ccccc2)cc1. The summed E-state index contributed by atoms with van der Waals surface area (Å²) in [7, 11) is 3.32. The zero-order valence-electron chi connectivity index (χ0n) is 18.5. The fourth-order valence-electron chi connectivity index (χ4n) is 3.88. The lowest BCUT2D eigenvalue weighted by Gasteiger charge is -2.36. The number of carbonyl (C=O) groups is 1. The van der Waals surface area contributed by atoms with E-state index in [4.69, 9.17) is 9.47 Å². The van der Waals surface area contributed by atoms with Crippen molar-refractivity contribution in [3.05, 3.63) is 90.0 Å². The first-order valence-corrected chi connectivity index (χ1v) is 10.8. The smallest absolute Gasteiger partial charge is 0.254 e. The van der Waals surface area contributed by atoms with E-state index in [2.05, 4.69) is 17.0 Å². The van der Waals surface area contributed by atoms with Gasteiger partial charge in [0, 0.05) is 37.4 Å². The van der Waals surface area contributed by atoms with Gasteiger partial charge in [0.25, 0.3) is 5.91 Å². The molecule has 164 valence electrons. The van der Waals surface area contributed by atoms with Crippen molar-refractivity contribution in [3.63, 3.8) is 0 Å². The summed E-state index contributed by atoms with van der Waals surface area (Å²) >= 11 is 0. The monoisotopic (exact) mass is 428 g/mol. The van der Waals surface area contributed by atoms with Crippen molar-refractivity contribution in [2.45, 2.75) is 0 Å². The van der Waals surface area contributed by atoms with Gasteiger partial charge in [0.2, 0.25) is 0 Å². The average molecular weight is 429 g/mol. The van der Waals surface area contributed by atoms with Crippen molar-refractivity contribution in [2.24, 2.45) is 0 Å². The zero-order valence-corrected chi connectivity index (χ0v) is 18.5. The lowest BCUT2D eigenvalue weighted by Crippen LogP contribution is -2.49. The van der Waals surface area contributed by atoms with Gasteiger partial charge in [-0.25, -0.2) is 0 Å². The van der Waals surface area contributed by atoms with E-state index in [1.165, 1.54) is 0 Å². The summed E-state index contributed by atoms with van der Waals surface area (Å²) in [6, 6.07) is 25.7. The molecular weight excluding hydrogens is 400 g/mol. The third-order valence-electron chi connectivity index (χ3n) is 5.75. The van der Waals surface area contributed by atoms with Crippen LogP contribution in [-0.4, -0.2) is 51.2 Å². The summed E-state index contributed by atoms with van der Waals surface area (Å²) < 4.78 is 10.5. The summed E-state index contributed by atoms with van der Waals surface area (Å²) in [5, 5.41) is 0. The van der Waals surface area contributed by atoms with Crippen molar-refractivity contribution < 1.29 is 14.3 Å². The molecule has 0 radical (unpaired) electrons. The summed E-state index contributed by atoms with van der Waals surface area (Å²) in [6.45, 7) is 2.95. The molecule has 0 atom stereocenters. The molecule has 0 bridgehead atoms. The van der Waals surface area contributed by atoms with E-state index in [1.807, 2.05) is 77.7 Å². The van der Waals surface area contributed by atoms with Crippen LogP contribution < -0.4 is 14.4 Å². The van der Waals surface area contributed by atoms with Crippen LogP contribution in [-0.2, 0) is 4.79 Å². The van der Waals surface area contributed by atoms with Gasteiger partial charge in [-0.05, 0) is 53.6 Å². The number of hydrogen-bond donors (Lipinski definition) is 0. The minimum Gasteiger partial charge on any atom is -0.497 e. The van der Waals surface area contributed by atoms with Crippen molar-refractivity contribution in [1.82, 2.24) is 4.90 Å². The molecule has 0 unspecified atom stereocenters. The van der Waals surface area contributed by atoms with Gasteiger partial charge in [0.05, 0.1) is 14.2 Å². The second kappa shape index (κ2) is 10.1. The van der Waals surface area contributed by atoms with Crippen LogP contribution in [0, 0.1) is 0 Å². The van der Waals surface area contributed by atoms with Gasteiger partial charge in [0.1, 0.15) is 11.5 Å². The van der Waals surface area contributed by atoms with Crippen molar-refractivity contribution in [1.29, 1.82) is 0 Å². The number of carbonyl (C=O) groups excluding carboxylic acids is 1. The first kappa shape index (κ1) is 21.5. The topological polar surface area (TPSA) is 42.0 Å². The van der Waals surface area contributed by atoms with Gasteiger partial charge in [0.15, 0.2) is 0 Å². The van der Waals surface area contributed by atoms with E-state index in [9.17, 15) is 4.79 Å². The second-order valence-electron chi connectivity index (χ2n) is 7.67. The third kappa shape index (κ3) is 4.94. The molecular formula is C27H28N2O3. The predicted molar refractivity (Wildman–Crippen MR) is 129 cm³/mol. The minimum atomic E-state index is 0.0569. The molecule has 1 heterocycles. The Kier molecular flexibility index (Phi) is 6.75. The predicted octanol–water partition coefficient (Wildman–Crippen LogP) is 4.59. The standard InChI is InChI=1S/C27H28N2O3/c1-31-24-12-8-21(9-13-24)20-26(22-6-4-3-5-7-22)27(30)29-18-16-28(17-19-29)23-10-14-25(32-2)15-11-23/h3-15,20H,16-19H2,1-2H3. The quantitative estimate of drug-likeness (QED) is 0.425. The van der Waals surface area contributed by atoms with Crippen LogP contribution >= 0.6 is 0 Å².